The molecule has 74 valence electrons. The average molecular weight is 186 g/mol. The Morgan fingerprint density at radius 2 is 2.38 bits per heavy atom. The first-order valence-electron chi connectivity index (χ1n) is 4.13. The topological polar surface area (TPSA) is 62.1 Å². The van der Waals surface area contributed by atoms with E-state index in [9.17, 15) is 4.79 Å². The molecule has 0 saturated carbocycles. The van der Waals surface area contributed by atoms with E-state index < -0.39 is 12.2 Å². The quantitative estimate of drug-likeness (QED) is 0.652. The molecule has 1 heterocycles. The SMILES string of the molecule is COC1C(=O)N(CC(C)O)N=C1C. The third-order valence-corrected chi connectivity index (χ3v) is 1.81. The fourth-order valence-corrected chi connectivity index (χ4v) is 1.26. The predicted octanol–water partition coefficient (Wildman–Crippen LogP) is -0.400. The number of carbonyl (C=O) groups excluding carboxylic acids is 1. The van der Waals surface area contributed by atoms with Crippen LogP contribution in [0.3, 0.4) is 0 Å². The Labute approximate surface area is 77.0 Å². The summed E-state index contributed by atoms with van der Waals surface area (Å²) in [5.74, 6) is -0.207. The summed E-state index contributed by atoms with van der Waals surface area (Å²) in [5, 5.41) is 14.3. The number of aliphatic hydroxyl groups is 1. The summed E-state index contributed by atoms with van der Waals surface area (Å²) in [7, 11) is 1.47. The molecule has 0 bridgehead atoms. The van der Waals surface area contributed by atoms with Gasteiger partial charge in [0.2, 0.25) is 0 Å². The van der Waals surface area contributed by atoms with E-state index in [-0.39, 0.29) is 12.5 Å². The highest BCUT2D eigenvalue weighted by Crippen LogP contribution is 2.11. The maximum Gasteiger partial charge on any atom is 0.277 e. The van der Waals surface area contributed by atoms with E-state index in [0.29, 0.717) is 5.71 Å². The second-order valence-electron chi connectivity index (χ2n) is 3.13. The van der Waals surface area contributed by atoms with Crippen LogP contribution in [0.4, 0.5) is 0 Å². The van der Waals surface area contributed by atoms with E-state index in [1.807, 2.05) is 0 Å². The van der Waals surface area contributed by atoms with Crippen LogP contribution in [0.15, 0.2) is 5.10 Å². The number of hydrogen-bond donors (Lipinski definition) is 1. The highest BCUT2D eigenvalue weighted by molar-refractivity contribution is 6.09. The van der Waals surface area contributed by atoms with Crippen LogP contribution in [0.2, 0.25) is 0 Å². The first-order valence-corrected chi connectivity index (χ1v) is 4.13. The van der Waals surface area contributed by atoms with Gasteiger partial charge in [0, 0.05) is 7.11 Å². The molecule has 1 aliphatic rings. The van der Waals surface area contributed by atoms with Crippen molar-refractivity contribution in [1.82, 2.24) is 5.01 Å². The molecular weight excluding hydrogens is 172 g/mol. The van der Waals surface area contributed by atoms with Crippen molar-refractivity contribution in [1.29, 1.82) is 0 Å². The smallest absolute Gasteiger partial charge is 0.277 e. The van der Waals surface area contributed by atoms with E-state index in [4.69, 9.17) is 9.84 Å². The first-order chi connectivity index (χ1) is 6.06. The number of aliphatic hydroxyl groups excluding tert-OH is 1. The van der Waals surface area contributed by atoms with E-state index >= 15 is 0 Å². The van der Waals surface area contributed by atoms with Gasteiger partial charge in [-0.05, 0) is 13.8 Å². The minimum absolute atomic E-state index is 0.207. The number of β-amino-alcohol motifs (C(OH)–C–C–N with tert-alkyl or cyclic N) is 1. The van der Waals surface area contributed by atoms with Crippen molar-refractivity contribution in [3.8, 4) is 0 Å². The zero-order chi connectivity index (χ0) is 10.0. The van der Waals surface area contributed by atoms with Crippen LogP contribution in [-0.2, 0) is 9.53 Å². The molecular formula is C8H14N2O3. The summed E-state index contributed by atoms with van der Waals surface area (Å²) in [6, 6.07) is 0. The lowest BCUT2D eigenvalue weighted by atomic mass is 10.2. The summed E-state index contributed by atoms with van der Waals surface area (Å²) in [6.45, 7) is 3.56. The lowest BCUT2D eigenvalue weighted by molar-refractivity contribution is -0.137. The summed E-state index contributed by atoms with van der Waals surface area (Å²) in [5.41, 5.74) is 0.633. The van der Waals surface area contributed by atoms with Crippen molar-refractivity contribution < 1.29 is 14.6 Å². The number of amides is 1. The molecule has 1 aliphatic heterocycles. The Balaban J connectivity index is 2.66. The molecule has 0 aromatic rings. The van der Waals surface area contributed by atoms with Gasteiger partial charge < -0.3 is 9.84 Å². The Kier molecular flexibility index (Phi) is 3.00. The Bertz CT molecular complexity index is 238. The summed E-state index contributed by atoms with van der Waals surface area (Å²) >= 11 is 0. The van der Waals surface area contributed by atoms with Crippen molar-refractivity contribution in [2.75, 3.05) is 13.7 Å². The largest absolute Gasteiger partial charge is 0.391 e. The molecule has 1 rings (SSSR count). The van der Waals surface area contributed by atoms with Crippen LogP contribution in [0.25, 0.3) is 0 Å². The van der Waals surface area contributed by atoms with Crippen LogP contribution in [-0.4, -0.2) is 47.6 Å². The van der Waals surface area contributed by atoms with Gasteiger partial charge >= 0.3 is 0 Å². The molecule has 0 fully saturated rings. The molecule has 13 heavy (non-hydrogen) atoms. The van der Waals surface area contributed by atoms with Crippen molar-refractivity contribution in [3.63, 3.8) is 0 Å². The van der Waals surface area contributed by atoms with Crippen LogP contribution >= 0.6 is 0 Å². The number of ether oxygens (including phenoxy) is 1. The molecule has 0 spiro atoms. The Morgan fingerprint density at radius 1 is 1.77 bits per heavy atom. The maximum absolute atomic E-state index is 11.5. The van der Waals surface area contributed by atoms with Gasteiger partial charge in [0.05, 0.1) is 18.4 Å². The fraction of sp³-hybridized carbons (Fsp3) is 0.750. The summed E-state index contributed by atoms with van der Waals surface area (Å²) in [4.78, 5) is 11.5. The van der Waals surface area contributed by atoms with Crippen molar-refractivity contribution >= 4 is 11.6 Å². The van der Waals surface area contributed by atoms with E-state index in [0.717, 1.165) is 0 Å². The predicted molar refractivity (Wildman–Crippen MR) is 47.3 cm³/mol. The van der Waals surface area contributed by atoms with Crippen molar-refractivity contribution in [3.05, 3.63) is 0 Å². The maximum atomic E-state index is 11.5. The molecule has 5 heteroatoms. The van der Waals surface area contributed by atoms with Gasteiger partial charge in [0.15, 0.2) is 6.10 Å². The summed E-state index contributed by atoms with van der Waals surface area (Å²) < 4.78 is 4.94. The molecule has 0 aromatic carbocycles. The number of nitrogens with zero attached hydrogens (tertiary/aromatic N) is 2. The van der Waals surface area contributed by atoms with Gasteiger partial charge in [-0.3, -0.25) is 4.79 Å². The third-order valence-electron chi connectivity index (χ3n) is 1.81. The van der Waals surface area contributed by atoms with Crippen LogP contribution in [0, 0.1) is 0 Å². The van der Waals surface area contributed by atoms with E-state index in [1.54, 1.807) is 13.8 Å². The van der Waals surface area contributed by atoms with E-state index in [1.165, 1.54) is 12.1 Å². The molecule has 0 aromatic heterocycles. The van der Waals surface area contributed by atoms with Crippen LogP contribution in [0.1, 0.15) is 13.8 Å². The molecule has 1 amide bonds. The van der Waals surface area contributed by atoms with Crippen molar-refractivity contribution in [2.45, 2.75) is 26.1 Å². The van der Waals surface area contributed by atoms with Crippen LogP contribution < -0.4 is 0 Å². The first kappa shape index (κ1) is 10.1. The third kappa shape index (κ3) is 2.05. The molecule has 0 saturated heterocycles. The minimum Gasteiger partial charge on any atom is -0.391 e. The van der Waals surface area contributed by atoms with Crippen LogP contribution in [0.5, 0.6) is 0 Å². The lowest BCUT2D eigenvalue weighted by Gasteiger charge is -2.14. The van der Waals surface area contributed by atoms with Gasteiger partial charge in [-0.15, -0.1) is 0 Å². The van der Waals surface area contributed by atoms with Gasteiger partial charge in [-0.25, -0.2) is 5.01 Å². The number of methoxy groups -OCH3 is 1. The average Bonchev–Trinajstić information content (AvgIpc) is 2.26. The number of hydrogen-bond acceptors (Lipinski definition) is 4. The molecule has 1 N–H and O–H groups in total. The normalized spacial score (nSPS) is 24.9. The van der Waals surface area contributed by atoms with E-state index in [2.05, 4.69) is 5.10 Å². The standard InChI is InChI=1S/C8H14N2O3/c1-5(11)4-10-8(12)7(13-3)6(2)9-10/h5,7,11H,4H2,1-3H3. The van der Waals surface area contributed by atoms with Gasteiger partial charge in [0.25, 0.3) is 5.91 Å². The number of carbonyl (C=O) groups is 1. The zero-order valence-corrected chi connectivity index (χ0v) is 8.02. The van der Waals surface area contributed by atoms with Gasteiger partial charge in [0.1, 0.15) is 0 Å². The molecule has 5 nitrogen and oxygen atoms in total. The minimum atomic E-state index is -0.573. The van der Waals surface area contributed by atoms with Gasteiger partial charge in [-0.1, -0.05) is 0 Å². The second kappa shape index (κ2) is 3.85. The molecule has 2 unspecified atom stereocenters. The lowest BCUT2D eigenvalue weighted by Crippen LogP contribution is -2.36. The molecule has 2 atom stereocenters. The number of hydrazone groups is 1. The zero-order valence-electron chi connectivity index (χ0n) is 8.02. The Morgan fingerprint density at radius 3 is 2.77 bits per heavy atom. The molecule has 0 radical (unpaired) electrons. The Hall–Kier alpha value is -0.940. The van der Waals surface area contributed by atoms with Gasteiger partial charge in [-0.2, -0.15) is 5.10 Å². The second-order valence-corrected chi connectivity index (χ2v) is 3.13. The highest BCUT2D eigenvalue weighted by Gasteiger charge is 2.33. The molecule has 0 aliphatic carbocycles. The van der Waals surface area contributed by atoms with Crippen molar-refractivity contribution in [2.24, 2.45) is 5.10 Å². The summed E-state index contributed by atoms with van der Waals surface area (Å²) in [6.07, 6.45) is -1.14. The number of rotatable bonds is 3. The fourth-order valence-electron chi connectivity index (χ4n) is 1.26. The monoisotopic (exact) mass is 186 g/mol. The highest BCUT2D eigenvalue weighted by atomic mass is 16.5.